The predicted octanol–water partition coefficient (Wildman–Crippen LogP) is 5.42. The third-order valence-corrected chi connectivity index (χ3v) is 7.03. The third-order valence-electron chi connectivity index (χ3n) is 7.03. The lowest BCUT2D eigenvalue weighted by Crippen LogP contribution is -2.15. The number of benzene rings is 2. The normalized spacial score (nSPS) is 16.6. The van der Waals surface area contributed by atoms with Crippen molar-refractivity contribution < 1.29 is 43.1 Å². The van der Waals surface area contributed by atoms with Gasteiger partial charge in [-0.05, 0) is 72.4 Å². The fourth-order valence-electron chi connectivity index (χ4n) is 4.75. The summed E-state index contributed by atoms with van der Waals surface area (Å²) in [6, 6.07) is 10.0. The summed E-state index contributed by atoms with van der Waals surface area (Å²) in [6.07, 6.45) is 6.64. The largest absolute Gasteiger partial charge is 0.453 e. The van der Waals surface area contributed by atoms with Crippen molar-refractivity contribution >= 4 is 11.9 Å². The quantitative estimate of drug-likeness (QED) is 0.180. The van der Waals surface area contributed by atoms with E-state index in [0.717, 1.165) is 37.2 Å². The van der Waals surface area contributed by atoms with E-state index in [4.69, 9.17) is 29.2 Å². The second kappa shape index (κ2) is 15.2. The lowest BCUT2D eigenvalue weighted by molar-refractivity contribution is -0.147. The second-order valence-electron chi connectivity index (χ2n) is 9.82. The van der Waals surface area contributed by atoms with E-state index in [2.05, 4.69) is 20.1 Å². The molecular formula is C31H37FO8. The van der Waals surface area contributed by atoms with Crippen LogP contribution < -0.4 is 9.47 Å². The molecule has 0 bridgehead atoms. The van der Waals surface area contributed by atoms with Gasteiger partial charge in [-0.15, -0.1) is 0 Å². The summed E-state index contributed by atoms with van der Waals surface area (Å²) in [4.78, 5) is 23.5. The molecule has 2 aromatic carbocycles. The maximum atomic E-state index is 15.3. The molecule has 0 unspecified atom stereocenters. The highest BCUT2D eigenvalue weighted by Crippen LogP contribution is 2.40. The van der Waals surface area contributed by atoms with Crippen LogP contribution in [0.4, 0.5) is 4.39 Å². The lowest BCUT2D eigenvalue weighted by atomic mass is 9.77. The van der Waals surface area contributed by atoms with Gasteiger partial charge in [-0.3, -0.25) is 0 Å². The van der Waals surface area contributed by atoms with Gasteiger partial charge in [0, 0.05) is 0 Å². The van der Waals surface area contributed by atoms with Gasteiger partial charge in [0.05, 0.1) is 24.4 Å². The van der Waals surface area contributed by atoms with Crippen LogP contribution >= 0.6 is 0 Å². The third kappa shape index (κ3) is 8.40. The Morgan fingerprint density at radius 1 is 0.850 bits per heavy atom. The smallest absolute Gasteiger partial charge is 0.338 e. The minimum absolute atomic E-state index is 0.133. The van der Waals surface area contributed by atoms with Crippen LogP contribution in [0.3, 0.4) is 0 Å². The fraction of sp³-hybridized carbons (Fsp3) is 0.419. The molecule has 216 valence electrons. The minimum atomic E-state index is -0.834. The summed E-state index contributed by atoms with van der Waals surface area (Å²) in [5.41, 5.74) is 1.70. The maximum absolute atomic E-state index is 15.3. The Morgan fingerprint density at radius 3 is 1.95 bits per heavy atom. The van der Waals surface area contributed by atoms with E-state index in [9.17, 15) is 9.59 Å². The number of carbonyl (C=O) groups excluding carboxylic acids is 2. The Balaban J connectivity index is 1.76. The molecule has 0 aromatic heterocycles. The van der Waals surface area contributed by atoms with Crippen LogP contribution in [0.15, 0.2) is 60.7 Å². The number of aliphatic hydroxyl groups excluding tert-OH is 2. The zero-order chi connectivity index (χ0) is 29.1. The molecule has 0 spiro atoms. The summed E-state index contributed by atoms with van der Waals surface area (Å²) in [5, 5.41) is 18.0. The number of rotatable bonds is 14. The zero-order valence-corrected chi connectivity index (χ0v) is 22.8. The van der Waals surface area contributed by atoms with Crippen molar-refractivity contribution in [2.45, 2.75) is 51.4 Å². The van der Waals surface area contributed by atoms with Crippen LogP contribution in [-0.4, -0.2) is 49.0 Å². The summed E-state index contributed by atoms with van der Waals surface area (Å²) in [5.74, 6) is -0.677. The molecule has 0 aliphatic heterocycles. The van der Waals surface area contributed by atoms with Crippen molar-refractivity contribution in [2.24, 2.45) is 5.92 Å². The fourth-order valence-corrected chi connectivity index (χ4v) is 4.75. The van der Waals surface area contributed by atoms with Crippen molar-refractivity contribution in [3.05, 3.63) is 72.1 Å². The van der Waals surface area contributed by atoms with Gasteiger partial charge in [0.1, 0.15) is 5.82 Å². The van der Waals surface area contributed by atoms with Gasteiger partial charge in [-0.2, -0.15) is 0 Å². The van der Waals surface area contributed by atoms with E-state index in [-0.39, 0.29) is 34.4 Å². The van der Waals surface area contributed by atoms with Crippen LogP contribution in [0.5, 0.6) is 11.5 Å². The standard InChI is InChI=1S/C31H37FO8/c1-4-5-22-6-8-23(9-7-22)26-12-10-24(14-27(26)32)25-11-13-28(37-18-39-30(35)20(2)16-33)29(15-25)38-19-40-31(36)21(3)17-34/h10-15,22-23,33-34H,2-9,16-19H2,1H3. The number of ether oxygens (including phenoxy) is 4. The first kappa shape index (κ1) is 30.8. The van der Waals surface area contributed by atoms with Crippen molar-refractivity contribution in [1.82, 2.24) is 0 Å². The molecule has 9 heteroatoms. The molecule has 2 N–H and O–H groups in total. The van der Waals surface area contributed by atoms with Gasteiger partial charge in [0.15, 0.2) is 11.5 Å². The Bertz CT molecular complexity index is 1200. The molecule has 40 heavy (non-hydrogen) atoms. The molecule has 1 aliphatic rings. The van der Waals surface area contributed by atoms with Gasteiger partial charge in [0.2, 0.25) is 13.6 Å². The van der Waals surface area contributed by atoms with Crippen LogP contribution in [0.1, 0.15) is 56.9 Å². The first-order valence-electron chi connectivity index (χ1n) is 13.4. The van der Waals surface area contributed by atoms with Crippen molar-refractivity contribution in [1.29, 1.82) is 0 Å². The molecule has 0 amide bonds. The van der Waals surface area contributed by atoms with Gasteiger partial charge in [-0.1, -0.05) is 51.1 Å². The maximum Gasteiger partial charge on any atom is 0.338 e. The van der Waals surface area contributed by atoms with Crippen LogP contribution in [0.2, 0.25) is 0 Å². The average molecular weight is 557 g/mol. The highest BCUT2D eigenvalue weighted by atomic mass is 19.1. The molecule has 2 aromatic rings. The number of aliphatic hydroxyl groups is 2. The summed E-state index contributed by atoms with van der Waals surface area (Å²) < 4.78 is 36.2. The van der Waals surface area contributed by atoms with Crippen molar-refractivity contribution in [2.75, 3.05) is 26.8 Å². The molecule has 1 saturated carbocycles. The second-order valence-corrected chi connectivity index (χ2v) is 9.82. The molecule has 0 radical (unpaired) electrons. The molecule has 0 saturated heterocycles. The van der Waals surface area contributed by atoms with Crippen LogP contribution in [0.25, 0.3) is 11.1 Å². The monoisotopic (exact) mass is 556 g/mol. The molecule has 3 rings (SSSR count). The van der Waals surface area contributed by atoms with Crippen molar-refractivity contribution in [3.8, 4) is 22.6 Å². The Hall–Kier alpha value is -3.69. The van der Waals surface area contributed by atoms with Crippen LogP contribution in [0, 0.1) is 11.7 Å². The number of esters is 2. The Labute approximate surface area is 234 Å². The minimum Gasteiger partial charge on any atom is -0.453 e. The Morgan fingerprint density at radius 2 is 1.40 bits per heavy atom. The predicted molar refractivity (Wildman–Crippen MR) is 147 cm³/mol. The van der Waals surface area contributed by atoms with Crippen LogP contribution in [-0.2, 0) is 19.1 Å². The topological polar surface area (TPSA) is 112 Å². The summed E-state index contributed by atoms with van der Waals surface area (Å²) in [7, 11) is 0. The number of hydrogen-bond donors (Lipinski definition) is 2. The Kier molecular flexibility index (Phi) is 11.7. The summed E-state index contributed by atoms with van der Waals surface area (Å²) >= 11 is 0. The average Bonchev–Trinajstić information content (AvgIpc) is 2.97. The van der Waals surface area contributed by atoms with E-state index in [1.54, 1.807) is 18.2 Å². The number of carbonyl (C=O) groups is 2. The molecular weight excluding hydrogens is 519 g/mol. The SMILES string of the molecule is C=C(CO)C(=O)OCOc1ccc(-c2ccc(C3CCC(CCC)CC3)c(F)c2)cc1OCOC(=O)C(=C)CO. The van der Waals surface area contributed by atoms with Gasteiger partial charge in [0.25, 0.3) is 0 Å². The molecule has 1 fully saturated rings. The highest BCUT2D eigenvalue weighted by molar-refractivity contribution is 5.88. The van der Waals surface area contributed by atoms with Gasteiger partial charge < -0.3 is 29.2 Å². The van der Waals surface area contributed by atoms with Gasteiger partial charge >= 0.3 is 11.9 Å². The van der Waals surface area contributed by atoms with E-state index < -0.39 is 38.7 Å². The molecule has 8 nitrogen and oxygen atoms in total. The van der Waals surface area contributed by atoms with E-state index in [1.165, 1.54) is 18.9 Å². The highest BCUT2D eigenvalue weighted by Gasteiger charge is 2.24. The molecule has 1 aliphatic carbocycles. The first-order valence-corrected chi connectivity index (χ1v) is 13.4. The lowest BCUT2D eigenvalue weighted by Gasteiger charge is -2.29. The van der Waals surface area contributed by atoms with E-state index in [1.807, 2.05) is 12.1 Å². The molecule has 0 heterocycles. The molecule has 0 atom stereocenters. The van der Waals surface area contributed by atoms with Crippen molar-refractivity contribution in [3.63, 3.8) is 0 Å². The number of halogens is 1. The first-order chi connectivity index (χ1) is 19.3. The van der Waals surface area contributed by atoms with Gasteiger partial charge in [-0.25, -0.2) is 14.0 Å². The van der Waals surface area contributed by atoms with E-state index >= 15 is 4.39 Å². The number of hydrogen-bond acceptors (Lipinski definition) is 8. The zero-order valence-electron chi connectivity index (χ0n) is 22.8. The van der Waals surface area contributed by atoms with E-state index in [0.29, 0.717) is 11.1 Å². The summed E-state index contributed by atoms with van der Waals surface area (Å²) in [6.45, 7) is 6.84.